The number of benzene rings is 1. The van der Waals surface area contributed by atoms with Crippen molar-refractivity contribution in [2.75, 3.05) is 0 Å². The molecule has 1 aromatic heterocycles. The lowest BCUT2D eigenvalue weighted by molar-refractivity contribution is 0.0919. The minimum absolute atomic E-state index is 0.0555. The van der Waals surface area contributed by atoms with Gasteiger partial charge in [0.2, 0.25) is 0 Å². The fraction of sp³-hybridized carbons (Fsp3) is 0.250. The summed E-state index contributed by atoms with van der Waals surface area (Å²) >= 11 is 0. The average molecular weight is 254 g/mol. The molecule has 0 aliphatic carbocycles. The number of carbonyl (C=O) groups is 1. The lowest BCUT2D eigenvalue weighted by Gasteiger charge is -2.20. The van der Waals surface area contributed by atoms with Crippen LogP contribution in [-0.4, -0.2) is 16.4 Å². The molecule has 0 aliphatic heterocycles. The summed E-state index contributed by atoms with van der Waals surface area (Å²) in [7, 11) is 0. The first-order valence-corrected chi connectivity index (χ1v) is 6.30. The minimum Gasteiger partial charge on any atom is -0.347 e. The van der Waals surface area contributed by atoms with Crippen LogP contribution in [-0.2, 0) is 0 Å². The molecular weight excluding hydrogens is 236 g/mol. The number of rotatable bonds is 2. The molecule has 0 bridgehead atoms. The second-order valence-corrected chi connectivity index (χ2v) is 5.50. The van der Waals surface area contributed by atoms with E-state index in [0.29, 0.717) is 5.56 Å². The number of hydrogen-bond donors (Lipinski definition) is 1. The maximum atomic E-state index is 12.0. The van der Waals surface area contributed by atoms with Gasteiger partial charge in [-0.1, -0.05) is 18.2 Å². The van der Waals surface area contributed by atoms with Gasteiger partial charge in [0, 0.05) is 22.9 Å². The fourth-order valence-corrected chi connectivity index (χ4v) is 1.74. The lowest BCUT2D eigenvalue weighted by atomic mass is 10.1. The summed E-state index contributed by atoms with van der Waals surface area (Å²) in [6.45, 7) is 5.90. The third-order valence-corrected chi connectivity index (χ3v) is 2.60. The van der Waals surface area contributed by atoms with E-state index >= 15 is 0 Å². The van der Waals surface area contributed by atoms with Gasteiger partial charge < -0.3 is 5.32 Å². The molecule has 0 spiro atoms. The Hall–Kier alpha value is -2.16. The first-order valence-electron chi connectivity index (χ1n) is 6.30. The molecule has 0 unspecified atom stereocenters. The third kappa shape index (κ3) is 3.65. The number of hydrogen-bond acceptors (Lipinski definition) is 2. The Morgan fingerprint density at radius 3 is 2.26 bits per heavy atom. The van der Waals surface area contributed by atoms with Gasteiger partial charge in [0.05, 0.1) is 5.69 Å². The Morgan fingerprint density at radius 2 is 1.74 bits per heavy atom. The van der Waals surface area contributed by atoms with Gasteiger partial charge in [-0.15, -0.1) is 0 Å². The van der Waals surface area contributed by atoms with Crippen molar-refractivity contribution in [1.82, 2.24) is 10.3 Å². The molecule has 98 valence electrons. The van der Waals surface area contributed by atoms with Crippen molar-refractivity contribution in [1.29, 1.82) is 0 Å². The van der Waals surface area contributed by atoms with Gasteiger partial charge in [0.15, 0.2) is 0 Å². The molecule has 3 nitrogen and oxygen atoms in total. The van der Waals surface area contributed by atoms with Gasteiger partial charge >= 0.3 is 0 Å². The maximum Gasteiger partial charge on any atom is 0.251 e. The van der Waals surface area contributed by atoms with Crippen LogP contribution >= 0.6 is 0 Å². The number of nitrogens with one attached hydrogen (secondary N) is 1. The number of amides is 1. The molecule has 0 fully saturated rings. The smallest absolute Gasteiger partial charge is 0.251 e. The third-order valence-electron chi connectivity index (χ3n) is 2.60. The summed E-state index contributed by atoms with van der Waals surface area (Å²) < 4.78 is 0. The topological polar surface area (TPSA) is 42.0 Å². The molecule has 0 radical (unpaired) electrons. The first-order chi connectivity index (χ1) is 8.96. The second-order valence-electron chi connectivity index (χ2n) is 5.50. The van der Waals surface area contributed by atoms with Crippen LogP contribution < -0.4 is 5.32 Å². The highest BCUT2D eigenvalue weighted by Gasteiger charge is 2.15. The molecule has 1 aromatic carbocycles. The van der Waals surface area contributed by atoms with Crippen LogP contribution in [0.25, 0.3) is 11.3 Å². The van der Waals surface area contributed by atoms with Crippen molar-refractivity contribution in [3.63, 3.8) is 0 Å². The molecule has 0 saturated carbocycles. The van der Waals surface area contributed by atoms with Gasteiger partial charge in [-0.05, 0) is 45.0 Å². The normalized spacial score (nSPS) is 11.1. The zero-order chi connectivity index (χ0) is 13.9. The molecule has 19 heavy (non-hydrogen) atoms. The van der Waals surface area contributed by atoms with E-state index in [1.165, 1.54) is 0 Å². The zero-order valence-corrected chi connectivity index (χ0v) is 11.5. The van der Waals surface area contributed by atoms with Gasteiger partial charge in [-0.25, -0.2) is 0 Å². The van der Waals surface area contributed by atoms with Gasteiger partial charge in [0.1, 0.15) is 0 Å². The van der Waals surface area contributed by atoms with E-state index in [4.69, 9.17) is 0 Å². The number of carbonyl (C=O) groups excluding carboxylic acids is 1. The number of aromatic nitrogens is 1. The molecule has 2 rings (SSSR count). The van der Waals surface area contributed by atoms with Crippen molar-refractivity contribution in [2.45, 2.75) is 26.3 Å². The van der Waals surface area contributed by atoms with Gasteiger partial charge in [0.25, 0.3) is 5.91 Å². The Balaban J connectivity index is 2.17. The summed E-state index contributed by atoms with van der Waals surface area (Å²) in [6, 6.07) is 13.3. The van der Waals surface area contributed by atoms with Crippen LogP contribution in [0.5, 0.6) is 0 Å². The largest absolute Gasteiger partial charge is 0.347 e. The van der Waals surface area contributed by atoms with Gasteiger partial charge in [-0.2, -0.15) is 0 Å². The second kappa shape index (κ2) is 5.22. The van der Waals surface area contributed by atoms with Crippen LogP contribution in [0.1, 0.15) is 31.1 Å². The van der Waals surface area contributed by atoms with Gasteiger partial charge in [-0.3, -0.25) is 9.78 Å². The molecule has 3 heteroatoms. The number of nitrogens with zero attached hydrogens (tertiary/aromatic N) is 1. The standard InChI is InChI=1S/C16H18N2O/c1-16(2,3)18-15(19)13-9-7-12(8-10-13)14-6-4-5-11-17-14/h4-11H,1-3H3,(H,18,19). The van der Waals surface area contributed by atoms with Crippen LogP contribution in [0.15, 0.2) is 48.7 Å². The SMILES string of the molecule is CC(C)(C)NC(=O)c1ccc(-c2ccccn2)cc1. The van der Waals surface area contributed by atoms with Crippen LogP contribution in [0, 0.1) is 0 Å². The highest BCUT2D eigenvalue weighted by molar-refractivity contribution is 5.95. The molecular formula is C16H18N2O. The highest BCUT2D eigenvalue weighted by Crippen LogP contribution is 2.17. The Morgan fingerprint density at radius 1 is 1.05 bits per heavy atom. The first kappa shape index (κ1) is 13.3. The van der Waals surface area contributed by atoms with Crippen molar-refractivity contribution in [2.24, 2.45) is 0 Å². The predicted octanol–water partition coefficient (Wildman–Crippen LogP) is 3.28. The van der Waals surface area contributed by atoms with Crippen molar-refractivity contribution in [3.8, 4) is 11.3 Å². The average Bonchev–Trinajstić information content (AvgIpc) is 2.38. The molecule has 1 amide bonds. The summed E-state index contributed by atoms with van der Waals surface area (Å²) in [5, 5.41) is 2.94. The van der Waals surface area contributed by atoms with Crippen LogP contribution in [0.3, 0.4) is 0 Å². The Kier molecular flexibility index (Phi) is 3.65. The Labute approximate surface area is 113 Å². The monoisotopic (exact) mass is 254 g/mol. The number of pyridine rings is 1. The predicted molar refractivity (Wildman–Crippen MR) is 76.9 cm³/mol. The summed E-state index contributed by atoms with van der Waals surface area (Å²) in [6.07, 6.45) is 1.76. The van der Waals surface area contributed by atoms with E-state index in [1.807, 2.05) is 63.2 Å². The summed E-state index contributed by atoms with van der Waals surface area (Å²) in [5.74, 6) is -0.0555. The van der Waals surface area contributed by atoms with Crippen LogP contribution in [0.2, 0.25) is 0 Å². The van der Waals surface area contributed by atoms with E-state index in [9.17, 15) is 4.79 Å². The van der Waals surface area contributed by atoms with E-state index in [-0.39, 0.29) is 11.4 Å². The lowest BCUT2D eigenvalue weighted by Crippen LogP contribution is -2.40. The maximum absolute atomic E-state index is 12.0. The fourth-order valence-electron chi connectivity index (χ4n) is 1.74. The molecule has 0 saturated heterocycles. The van der Waals surface area contributed by atoms with Crippen molar-refractivity contribution < 1.29 is 4.79 Å². The van der Waals surface area contributed by atoms with Crippen LogP contribution in [0.4, 0.5) is 0 Å². The molecule has 2 aromatic rings. The molecule has 1 N–H and O–H groups in total. The quantitative estimate of drug-likeness (QED) is 0.893. The highest BCUT2D eigenvalue weighted by atomic mass is 16.1. The molecule has 0 atom stereocenters. The minimum atomic E-state index is -0.225. The van der Waals surface area contributed by atoms with Crippen molar-refractivity contribution in [3.05, 3.63) is 54.2 Å². The van der Waals surface area contributed by atoms with E-state index in [1.54, 1.807) is 6.20 Å². The molecule has 1 heterocycles. The van der Waals surface area contributed by atoms with E-state index in [2.05, 4.69) is 10.3 Å². The molecule has 0 aliphatic rings. The van der Waals surface area contributed by atoms with Crippen molar-refractivity contribution >= 4 is 5.91 Å². The van der Waals surface area contributed by atoms with E-state index < -0.39 is 0 Å². The summed E-state index contributed by atoms with van der Waals surface area (Å²) in [4.78, 5) is 16.3. The zero-order valence-electron chi connectivity index (χ0n) is 11.5. The summed E-state index contributed by atoms with van der Waals surface area (Å²) in [5.41, 5.74) is 2.35. The Bertz CT molecular complexity index is 554. The van der Waals surface area contributed by atoms with E-state index in [0.717, 1.165) is 11.3 Å².